The number of aryl methyl sites for hydroxylation is 1. The van der Waals surface area contributed by atoms with Gasteiger partial charge in [-0.25, -0.2) is 12.7 Å². The van der Waals surface area contributed by atoms with Crippen LogP contribution in [0.2, 0.25) is 0 Å². The van der Waals surface area contributed by atoms with Crippen molar-refractivity contribution in [3.05, 3.63) is 35.9 Å². The summed E-state index contributed by atoms with van der Waals surface area (Å²) in [6.07, 6.45) is 0.816. The standard InChI is InChI=1S/C14H19NO4S/c1-14(13(16)17)8-9-15(11-14)20(18,19)10-7-12-5-3-2-4-6-12/h2-6H,7-11H2,1H3,(H,16,17). The van der Waals surface area contributed by atoms with Gasteiger partial charge in [-0.2, -0.15) is 0 Å². The fourth-order valence-corrected chi connectivity index (χ4v) is 3.95. The lowest BCUT2D eigenvalue weighted by molar-refractivity contribution is -0.146. The second kappa shape index (κ2) is 5.54. The summed E-state index contributed by atoms with van der Waals surface area (Å²) < 4.78 is 25.8. The number of carbonyl (C=O) groups is 1. The fourth-order valence-electron chi connectivity index (χ4n) is 2.35. The van der Waals surface area contributed by atoms with Crippen LogP contribution in [0.5, 0.6) is 0 Å². The van der Waals surface area contributed by atoms with Gasteiger partial charge in [-0.1, -0.05) is 30.3 Å². The maximum Gasteiger partial charge on any atom is 0.310 e. The van der Waals surface area contributed by atoms with Gasteiger partial charge in [0.15, 0.2) is 0 Å². The van der Waals surface area contributed by atoms with Crippen molar-refractivity contribution in [3.63, 3.8) is 0 Å². The molecule has 1 aliphatic rings. The van der Waals surface area contributed by atoms with Gasteiger partial charge in [0.2, 0.25) is 10.0 Å². The SMILES string of the molecule is CC1(C(=O)O)CCN(S(=O)(=O)CCc2ccccc2)C1. The number of aliphatic carboxylic acids is 1. The molecule has 0 saturated carbocycles. The molecular weight excluding hydrogens is 278 g/mol. The van der Waals surface area contributed by atoms with E-state index in [4.69, 9.17) is 5.11 Å². The molecule has 6 heteroatoms. The minimum absolute atomic E-state index is 0.0205. The first-order chi connectivity index (χ1) is 9.33. The second-order valence-electron chi connectivity index (χ2n) is 5.50. The van der Waals surface area contributed by atoms with Gasteiger partial charge in [-0.3, -0.25) is 4.79 Å². The topological polar surface area (TPSA) is 74.7 Å². The molecule has 0 amide bonds. The van der Waals surface area contributed by atoms with E-state index in [0.717, 1.165) is 5.56 Å². The highest BCUT2D eigenvalue weighted by Gasteiger charge is 2.44. The molecule has 0 aromatic heterocycles. The predicted molar refractivity (Wildman–Crippen MR) is 75.9 cm³/mol. The Morgan fingerprint density at radius 3 is 2.55 bits per heavy atom. The summed E-state index contributed by atoms with van der Waals surface area (Å²) in [5, 5.41) is 9.14. The van der Waals surface area contributed by atoms with Crippen LogP contribution < -0.4 is 0 Å². The van der Waals surface area contributed by atoms with E-state index in [1.807, 2.05) is 30.3 Å². The lowest BCUT2D eigenvalue weighted by Gasteiger charge is -2.20. The average Bonchev–Trinajstić information content (AvgIpc) is 2.83. The first-order valence-electron chi connectivity index (χ1n) is 6.59. The number of rotatable bonds is 5. The van der Waals surface area contributed by atoms with Crippen molar-refractivity contribution < 1.29 is 18.3 Å². The highest BCUT2D eigenvalue weighted by atomic mass is 32.2. The Kier molecular flexibility index (Phi) is 4.15. The molecule has 1 aliphatic heterocycles. The van der Waals surface area contributed by atoms with E-state index >= 15 is 0 Å². The zero-order valence-electron chi connectivity index (χ0n) is 11.4. The number of hydrogen-bond acceptors (Lipinski definition) is 3. The zero-order chi connectivity index (χ0) is 14.8. The highest BCUT2D eigenvalue weighted by Crippen LogP contribution is 2.31. The predicted octanol–water partition coefficient (Wildman–Crippen LogP) is 1.36. The summed E-state index contributed by atoms with van der Waals surface area (Å²) in [6, 6.07) is 9.41. The summed E-state index contributed by atoms with van der Waals surface area (Å²) in [7, 11) is -3.39. The summed E-state index contributed by atoms with van der Waals surface area (Å²) in [5.41, 5.74) is 0.0103. The third-order valence-corrected chi connectivity index (χ3v) is 5.66. The van der Waals surface area contributed by atoms with Crippen molar-refractivity contribution >= 4 is 16.0 Å². The molecule has 2 rings (SSSR count). The first kappa shape index (κ1) is 15.0. The van der Waals surface area contributed by atoms with E-state index in [1.165, 1.54) is 4.31 Å². The van der Waals surface area contributed by atoms with Crippen LogP contribution in [0.3, 0.4) is 0 Å². The molecule has 1 fully saturated rings. The smallest absolute Gasteiger partial charge is 0.310 e. The number of hydrogen-bond donors (Lipinski definition) is 1. The van der Waals surface area contributed by atoms with Crippen molar-refractivity contribution in [2.75, 3.05) is 18.8 Å². The molecule has 0 aliphatic carbocycles. The molecular formula is C14H19NO4S. The van der Waals surface area contributed by atoms with Crippen LogP contribution in [0.15, 0.2) is 30.3 Å². The van der Waals surface area contributed by atoms with Crippen molar-refractivity contribution in [2.24, 2.45) is 5.41 Å². The molecule has 20 heavy (non-hydrogen) atoms. The first-order valence-corrected chi connectivity index (χ1v) is 8.20. The molecule has 0 radical (unpaired) electrons. The molecule has 1 atom stereocenters. The molecule has 5 nitrogen and oxygen atoms in total. The molecule has 1 N–H and O–H groups in total. The summed E-state index contributed by atoms with van der Waals surface area (Å²) >= 11 is 0. The van der Waals surface area contributed by atoms with Gasteiger partial charge in [0, 0.05) is 13.1 Å². The lowest BCUT2D eigenvalue weighted by atomic mass is 9.90. The highest BCUT2D eigenvalue weighted by molar-refractivity contribution is 7.89. The summed E-state index contributed by atoms with van der Waals surface area (Å²) in [6.45, 7) is 1.96. The maximum absolute atomic E-state index is 12.2. The molecule has 1 aromatic rings. The van der Waals surface area contributed by atoms with E-state index in [-0.39, 0.29) is 12.3 Å². The maximum atomic E-state index is 12.2. The lowest BCUT2D eigenvalue weighted by Crippen LogP contribution is -2.36. The van der Waals surface area contributed by atoms with Crippen LogP contribution in [0.4, 0.5) is 0 Å². The van der Waals surface area contributed by atoms with Crippen LogP contribution in [0, 0.1) is 5.41 Å². The summed E-state index contributed by atoms with van der Waals surface area (Å²) in [5.74, 6) is -0.912. The molecule has 0 spiro atoms. The van der Waals surface area contributed by atoms with E-state index in [2.05, 4.69) is 0 Å². The third kappa shape index (κ3) is 3.19. The molecule has 110 valence electrons. The zero-order valence-corrected chi connectivity index (χ0v) is 12.3. The van der Waals surface area contributed by atoms with E-state index < -0.39 is 21.4 Å². The van der Waals surface area contributed by atoms with Crippen LogP contribution in [0.25, 0.3) is 0 Å². The fraction of sp³-hybridized carbons (Fsp3) is 0.500. The van der Waals surface area contributed by atoms with Gasteiger partial charge in [-0.15, -0.1) is 0 Å². The number of benzene rings is 1. The van der Waals surface area contributed by atoms with Gasteiger partial charge in [0.25, 0.3) is 0 Å². The van der Waals surface area contributed by atoms with E-state index in [1.54, 1.807) is 6.92 Å². The minimum atomic E-state index is -3.39. The Balaban J connectivity index is 2.00. The van der Waals surface area contributed by atoms with Crippen molar-refractivity contribution in [2.45, 2.75) is 19.8 Å². The van der Waals surface area contributed by atoms with Gasteiger partial charge in [-0.05, 0) is 25.3 Å². The van der Waals surface area contributed by atoms with Crippen LogP contribution >= 0.6 is 0 Å². The van der Waals surface area contributed by atoms with Crippen LogP contribution in [-0.4, -0.2) is 42.6 Å². The molecule has 0 bridgehead atoms. The molecule has 1 unspecified atom stereocenters. The average molecular weight is 297 g/mol. The van der Waals surface area contributed by atoms with Gasteiger partial charge >= 0.3 is 5.97 Å². The van der Waals surface area contributed by atoms with E-state index in [0.29, 0.717) is 19.4 Å². The number of carboxylic acid groups (broad SMARTS) is 1. The number of sulfonamides is 1. The van der Waals surface area contributed by atoms with Crippen LogP contribution in [0.1, 0.15) is 18.9 Å². The summed E-state index contributed by atoms with van der Waals surface area (Å²) in [4.78, 5) is 11.2. The third-order valence-electron chi connectivity index (χ3n) is 3.84. The Labute approximate surface area is 119 Å². The van der Waals surface area contributed by atoms with Gasteiger partial charge in [0.05, 0.1) is 11.2 Å². The number of nitrogens with zero attached hydrogens (tertiary/aromatic N) is 1. The number of carboxylic acids is 1. The second-order valence-corrected chi connectivity index (χ2v) is 7.59. The van der Waals surface area contributed by atoms with Crippen LogP contribution in [-0.2, 0) is 21.2 Å². The van der Waals surface area contributed by atoms with Crippen molar-refractivity contribution in [3.8, 4) is 0 Å². The minimum Gasteiger partial charge on any atom is -0.481 e. The monoisotopic (exact) mass is 297 g/mol. The largest absolute Gasteiger partial charge is 0.481 e. The Hall–Kier alpha value is -1.40. The van der Waals surface area contributed by atoms with E-state index in [9.17, 15) is 13.2 Å². The quantitative estimate of drug-likeness (QED) is 0.890. The normalized spacial score (nSPS) is 23.9. The Morgan fingerprint density at radius 2 is 2.00 bits per heavy atom. The van der Waals surface area contributed by atoms with Crippen molar-refractivity contribution in [1.29, 1.82) is 0 Å². The van der Waals surface area contributed by atoms with Gasteiger partial charge in [0.1, 0.15) is 0 Å². The molecule has 1 saturated heterocycles. The van der Waals surface area contributed by atoms with Gasteiger partial charge < -0.3 is 5.11 Å². The Bertz CT molecular complexity index is 584. The Morgan fingerprint density at radius 1 is 1.35 bits per heavy atom. The molecule has 1 aromatic carbocycles. The molecule has 1 heterocycles. The van der Waals surface area contributed by atoms with Crippen molar-refractivity contribution in [1.82, 2.24) is 4.31 Å².